The molecule has 3 nitrogen and oxygen atoms in total. The summed E-state index contributed by atoms with van der Waals surface area (Å²) in [5, 5.41) is 2.69. The number of amides is 1. The van der Waals surface area contributed by atoms with Crippen LogP contribution in [0.5, 0.6) is 0 Å². The summed E-state index contributed by atoms with van der Waals surface area (Å²) in [6, 6.07) is 5.71. The molecule has 1 aromatic heterocycles. The van der Waals surface area contributed by atoms with E-state index in [4.69, 9.17) is 0 Å². The fraction of sp³-hybridized carbons (Fsp3) is 0.400. The topological polar surface area (TPSA) is 42.0 Å². The number of nitrogens with zero attached hydrogens (tertiary/aromatic N) is 1. The Labute approximate surface area is 77.2 Å². The van der Waals surface area contributed by atoms with Gasteiger partial charge < -0.3 is 5.32 Å². The molecule has 0 saturated heterocycles. The average molecular weight is 176 g/mol. The van der Waals surface area contributed by atoms with E-state index in [9.17, 15) is 4.79 Å². The molecule has 3 heteroatoms. The smallest absolute Gasteiger partial charge is 0.232 e. The average Bonchev–Trinajstić information content (AvgIpc) is 2.99. The van der Waals surface area contributed by atoms with Gasteiger partial charge in [0.15, 0.2) is 0 Å². The van der Waals surface area contributed by atoms with E-state index in [1.165, 1.54) is 0 Å². The molecule has 0 spiro atoms. The van der Waals surface area contributed by atoms with Crippen LogP contribution in [0, 0.1) is 0 Å². The fourth-order valence-electron chi connectivity index (χ4n) is 1.61. The predicted octanol–water partition coefficient (Wildman–Crippen LogP) is 0.859. The molecule has 0 aromatic carbocycles. The Kier molecular flexibility index (Phi) is 1.79. The molecule has 13 heavy (non-hydrogen) atoms. The lowest BCUT2D eigenvalue weighted by Gasteiger charge is -2.11. The zero-order valence-electron chi connectivity index (χ0n) is 7.58. The van der Waals surface area contributed by atoms with Crippen LogP contribution in [-0.2, 0) is 10.2 Å². The Morgan fingerprint density at radius 1 is 1.54 bits per heavy atom. The van der Waals surface area contributed by atoms with Gasteiger partial charge in [0.25, 0.3) is 0 Å². The standard InChI is InChI=1S/C10H12N2O/c1-11-9(13)10(5-6-10)8-4-2-3-7-12-8/h2-4,7H,5-6H2,1H3,(H,11,13). The highest BCUT2D eigenvalue weighted by Crippen LogP contribution is 2.47. The molecule has 1 aliphatic carbocycles. The van der Waals surface area contributed by atoms with Crippen LogP contribution < -0.4 is 5.32 Å². The molecule has 1 amide bonds. The predicted molar refractivity (Wildman–Crippen MR) is 49.2 cm³/mol. The first kappa shape index (κ1) is 8.23. The summed E-state index contributed by atoms with van der Waals surface area (Å²) < 4.78 is 0. The van der Waals surface area contributed by atoms with Crippen molar-refractivity contribution in [3.63, 3.8) is 0 Å². The second kappa shape index (κ2) is 2.83. The lowest BCUT2D eigenvalue weighted by Crippen LogP contribution is -2.32. The van der Waals surface area contributed by atoms with Gasteiger partial charge in [0.2, 0.25) is 5.91 Å². The number of carbonyl (C=O) groups is 1. The van der Waals surface area contributed by atoms with Crippen LogP contribution in [0.4, 0.5) is 0 Å². The number of hydrogen-bond acceptors (Lipinski definition) is 2. The SMILES string of the molecule is CNC(=O)C1(c2ccccn2)CC1. The molecule has 1 aliphatic rings. The van der Waals surface area contributed by atoms with Crippen LogP contribution in [0.2, 0.25) is 0 Å². The van der Waals surface area contributed by atoms with Crippen LogP contribution in [-0.4, -0.2) is 17.9 Å². The molecule has 1 heterocycles. The lowest BCUT2D eigenvalue weighted by atomic mass is 10.0. The van der Waals surface area contributed by atoms with Gasteiger partial charge in [0, 0.05) is 13.2 Å². The van der Waals surface area contributed by atoms with Gasteiger partial charge in [0.1, 0.15) is 0 Å². The summed E-state index contributed by atoms with van der Waals surface area (Å²) in [6.07, 6.45) is 3.58. The van der Waals surface area contributed by atoms with Gasteiger partial charge in [-0.2, -0.15) is 0 Å². The van der Waals surface area contributed by atoms with Crippen molar-refractivity contribution in [3.05, 3.63) is 30.1 Å². The van der Waals surface area contributed by atoms with E-state index in [1.54, 1.807) is 13.2 Å². The van der Waals surface area contributed by atoms with Gasteiger partial charge in [-0.3, -0.25) is 9.78 Å². The first-order valence-corrected chi connectivity index (χ1v) is 4.43. The number of likely N-dealkylation sites (N-methyl/N-ethyl adjacent to an activating group) is 1. The number of rotatable bonds is 2. The van der Waals surface area contributed by atoms with E-state index < -0.39 is 0 Å². The van der Waals surface area contributed by atoms with Crippen molar-refractivity contribution in [2.75, 3.05) is 7.05 Å². The molecule has 0 unspecified atom stereocenters. The molecular formula is C10H12N2O. The van der Waals surface area contributed by atoms with E-state index >= 15 is 0 Å². The minimum absolute atomic E-state index is 0.0891. The van der Waals surface area contributed by atoms with Crippen LogP contribution in [0.15, 0.2) is 24.4 Å². The van der Waals surface area contributed by atoms with Gasteiger partial charge in [-0.25, -0.2) is 0 Å². The second-order valence-corrected chi connectivity index (χ2v) is 3.38. The number of nitrogens with one attached hydrogen (secondary N) is 1. The van der Waals surface area contributed by atoms with Crippen LogP contribution >= 0.6 is 0 Å². The molecular weight excluding hydrogens is 164 g/mol. The Balaban J connectivity index is 2.31. The third kappa shape index (κ3) is 1.20. The molecule has 1 fully saturated rings. The van der Waals surface area contributed by atoms with E-state index in [-0.39, 0.29) is 11.3 Å². The van der Waals surface area contributed by atoms with Crippen LogP contribution in [0.3, 0.4) is 0 Å². The Bertz CT molecular complexity index is 317. The maximum Gasteiger partial charge on any atom is 0.232 e. The molecule has 1 aromatic rings. The van der Waals surface area contributed by atoms with Crippen molar-refractivity contribution in [2.24, 2.45) is 0 Å². The third-order valence-electron chi connectivity index (χ3n) is 2.57. The molecule has 68 valence electrons. The van der Waals surface area contributed by atoms with Gasteiger partial charge in [-0.1, -0.05) is 6.07 Å². The number of pyridine rings is 1. The summed E-state index contributed by atoms with van der Waals surface area (Å²) in [5.74, 6) is 0.0891. The Morgan fingerprint density at radius 3 is 2.77 bits per heavy atom. The van der Waals surface area contributed by atoms with Gasteiger partial charge in [0.05, 0.1) is 11.1 Å². The minimum Gasteiger partial charge on any atom is -0.358 e. The number of aromatic nitrogens is 1. The molecule has 1 N–H and O–H groups in total. The fourth-order valence-corrected chi connectivity index (χ4v) is 1.61. The van der Waals surface area contributed by atoms with Crippen LogP contribution in [0.25, 0.3) is 0 Å². The minimum atomic E-state index is -0.310. The first-order valence-electron chi connectivity index (χ1n) is 4.43. The molecule has 1 saturated carbocycles. The van der Waals surface area contributed by atoms with E-state index in [0.717, 1.165) is 18.5 Å². The summed E-state index contributed by atoms with van der Waals surface area (Å²) in [5.41, 5.74) is 0.588. The number of hydrogen-bond donors (Lipinski definition) is 1. The third-order valence-corrected chi connectivity index (χ3v) is 2.57. The molecule has 2 rings (SSSR count). The highest BCUT2D eigenvalue weighted by Gasteiger charge is 2.51. The monoisotopic (exact) mass is 176 g/mol. The highest BCUT2D eigenvalue weighted by molar-refractivity contribution is 5.90. The summed E-state index contributed by atoms with van der Waals surface area (Å²) in [7, 11) is 1.67. The van der Waals surface area contributed by atoms with Crippen molar-refractivity contribution in [2.45, 2.75) is 18.3 Å². The molecule has 0 atom stereocenters. The van der Waals surface area contributed by atoms with Crippen molar-refractivity contribution < 1.29 is 4.79 Å². The van der Waals surface area contributed by atoms with Gasteiger partial charge in [-0.05, 0) is 25.0 Å². The van der Waals surface area contributed by atoms with Gasteiger partial charge >= 0.3 is 0 Å². The molecule has 0 aliphatic heterocycles. The van der Waals surface area contributed by atoms with Crippen molar-refractivity contribution in [1.82, 2.24) is 10.3 Å². The second-order valence-electron chi connectivity index (χ2n) is 3.38. The maximum atomic E-state index is 11.5. The van der Waals surface area contributed by atoms with Gasteiger partial charge in [-0.15, -0.1) is 0 Å². The van der Waals surface area contributed by atoms with Crippen molar-refractivity contribution in [3.8, 4) is 0 Å². The summed E-state index contributed by atoms with van der Waals surface area (Å²) in [4.78, 5) is 15.8. The summed E-state index contributed by atoms with van der Waals surface area (Å²) in [6.45, 7) is 0. The lowest BCUT2D eigenvalue weighted by molar-refractivity contribution is -0.123. The normalized spacial score (nSPS) is 17.9. The quantitative estimate of drug-likeness (QED) is 0.726. The Hall–Kier alpha value is -1.38. The largest absolute Gasteiger partial charge is 0.358 e. The maximum absolute atomic E-state index is 11.5. The summed E-state index contributed by atoms with van der Waals surface area (Å²) >= 11 is 0. The highest BCUT2D eigenvalue weighted by atomic mass is 16.2. The van der Waals surface area contributed by atoms with E-state index in [0.29, 0.717) is 0 Å². The first-order chi connectivity index (χ1) is 6.29. The number of carbonyl (C=O) groups excluding carboxylic acids is 1. The Morgan fingerprint density at radius 2 is 2.31 bits per heavy atom. The van der Waals surface area contributed by atoms with Crippen LogP contribution in [0.1, 0.15) is 18.5 Å². The molecule has 0 bridgehead atoms. The van der Waals surface area contributed by atoms with E-state index in [2.05, 4.69) is 10.3 Å². The zero-order valence-corrected chi connectivity index (χ0v) is 7.58. The molecule has 0 radical (unpaired) electrons. The zero-order chi connectivity index (χ0) is 9.31. The van der Waals surface area contributed by atoms with Crippen molar-refractivity contribution >= 4 is 5.91 Å². The van der Waals surface area contributed by atoms with E-state index in [1.807, 2.05) is 18.2 Å². The van der Waals surface area contributed by atoms with Crippen molar-refractivity contribution in [1.29, 1.82) is 0 Å².